The number of hydrogen-bond acceptors (Lipinski definition) is 3. The van der Waals surface area contributed by atoms with Crippen molar-refractivity contribution in [1.82, 2.24) is 4.72 Å². The maximum absolute atomic E-state index is 11.7. The van der Waals surface area contributed by atoms with Crippen molar-refractivity contribution in [1.29, 1.82) is 5.26 Å². The molecule has 1 aliphatic carbocycles. The van der Waals surface area contributed by atoms with E-state index in [0.29, 0.717) is 6.42 Å². The lowest BCUT2D eigenvalue weighted by molar-refractivity contribution is 0.396. The molecule has 1 atom stereocenters. The van der Waals surface area contributed by atoms with Gasteiger partial charge in [0, 0.05) is 0 Å². The zero-order chi connectivity index (χ0) is 12.4. The van der Waals surface area contributed by atoms with Gasteiger partial charge in [0.25, 0.3) is 0 Å². The molecule has 0 aromatic heterocycles. The van der Waals surface area contributed by atoms with Gasteiger partial charge in [-0.2, -0.15) is 9.98 Å². The molecule has 0 radical (unpaired) electrons. The molecule has 1 fully saturated rings. The summed E-state index contributed by atoms with van der Waals surface area (Å²) < 4.78 is 25.9. The van der Waals surface area contributed by atoms with Crippen LogP contribution >= 0.6 is 0 Å². The maximum atomic E-state index is 11.7. The Balaban J connectivity index is 2.48. The third-order valence-corrected chi connectivity index (χ3v) is 4.01. The molecule has 1 rings (SSSR count). The molecule has 0 aromatic rings. The number of hydrogen-bond donors (Lipinski definition) is 1. The molecule has 16 heavy (non-hydrogen) atoms. The Morgan fingerprint density at radius 1 is 1.44 bits per heavy atom. The van der Waals surface area contributed by atoms with Crippen molar-refractivity contribution in [2.24, 2.45) is 11.3 Å². The first kappa shape index (κ1) is 13.5. The molecule has 1 N–H and O–H groups in total. The maximum Gasteiger partial charge on any atom is 0.212 e. The largest absolute Gasteiger partial charge is 0.212 e. The molecule has 0 aliphatic heterocycles. The van der Waals surface area contributed by atoms with Gasteiger partial charge in [0.1, 0.15) is 6.04 Å². The van der Waals surface area contributed by atoms with Crippen LogP contribution in [0.25, 0.3) is 0 Å². The first-order valence-electron chi connectivity index (χ1n) is 5.63. The highest BCUT2D eigenvalue weighted by Gasteiger charge is 2.34. The summed E-state index contributed by atoms with van der Waals surface area (Å²) in [7, 11) is -3.30. The smallest absolute Gasteiger partial charge is 0.212 e. The summed E-state index contributed by atoms with van der Waals surface area (Å²) in [6, 6.07) is 1.50. The van der Waals surface area contributed by atoms with Gasteiger partial charge in [-0.3, -0.25) is 0 Å². The summed E-state index contributed by atoms with van der Waals surface area (Å²) in [5, 5.41) is 8.85. The van der Waals surface area contributed by atoms with E-state index < -0.39 is 16.1 Å². The minimum Gasteiger partial charge on any atom is -0.212 e. The molecule has 1 aliphatic rings. The van der Waals surface area contributed by atoms with Crippen LogP contribution in [0.5, 0.6) is 0 Å². The predicted octanol–water partition coefficient (Wildman–Crippen LogP) is 1.64. The fourth-order valence-electron chi connectivity index (χ4n) is 1.35. The highest BCUT2D eigenvalue weighted by molar-refractivity contribution is 7.89. The topological polar surface area (TPSA) is 70.0 Å². The monoisotopic (exact) mass is 244 g/mol. The lowest BCUT2D eigenvalue weighted by atomic mass is 9.94. The summed E-state index contributed by atoms with van der Waals surface area (Å²) in [6.45, 7) is 6.02. The molecule has 4 nitrogen and oxygen atoms in total. The second-order valence-electron chi connectivity index (χ2n) is 5.69. The Bertz CT molecular complexity index is 372. The summed E-state index contributed by atoms with van der Waals surface area (Å²) in [4.78, 5) is 0. The second-order valence-corrected chi connectivity index (χ2v) is 7.57. The zero-order valence-corrected chi connectivity index (χ0v) is 11.0. The number of nitrogens with zero attached hydrogens (tertiary/aromatic N) is 1. The van der Waals surface area contributed by atoms with Crippen molar-refractivity contribution in [2.75, 3.05) is 5.75 Å². The van der Waals surface area contributed by atoms with Crippen LogP contribution in [-0.4, -0.2) is 20.2 Å². The highest BCUT2D eigenvalue weighted by atomic mass is 32.2. The lowest BCUT2D eigenvalue weighted by Crippen LogP contribution is -2.37. The van der Waals surface area contributed by atoms with Crippen LogP contribution in [-0.2, 0) is 10.0 Å². The van der Waals surface area contributed by atoms with E-state index in [4.69, 9.17) is 5.26 Å². The quantitative estimate of drug-likeness (QED) is 0.799. The van der Waals surface area contributed by atoms with Gasteiger partial charge in [0.15, 0.2) is 0 Å². The number of nitriles is 1. The van der Waals surface area contributed by atoms with Crippen molar-refractivity contribution in [2.45, 2.75) is 46.1 Å². The average molecular weight is 244 g/mol. The zero-order valence-electron chi connectivity index (χ0n) is 10.2. The molecular formula is C11H20N2O2S. The van der Waals surface area contributed by atoms with Crippen molar-refractivity contribution >= 4 is 10.0 Å². The molecular weight excluding hydrogens is 224 g/mol. The minimum atomic E-state index is -3.30. The van der Waals surface area contributed by atoms with Crippen LogP contribution in [0.2, 0.25) is 0 Å². The van der Waals surface area contributed by atoms with Crippen molar-refractivity contribution < 1.29 is 8.42 Å². The average Bonchev–Trinajstić information content (AvgIpc) is 2.93. The molecule has 0 aromatic carbocycles. The molecule has 92 valence electrons. The van der Waals surface area contributed by atoms with E-state index in [1.54, 1.807) is 0 Å². The summed E-state index contributed by atoms with van der Waals surface area (Å²) in [6.07, 6.45) is 2.52. The van der Waals surface area contributed by atoms with E-state index in [2.05, 4.69) is 4.72 Å². The Labute approximate surface area is 98.1 Å². The fraction of sp³-hybridized carbons (Fsp3) is 0.909. The first-order valence-corrected chi connectivity index (χ1v) is 7.28. The minimum absolute atomic E-state index is 0.00350. The Morgan fingerprint density at radius 3 is 2.38 bits per heavy atom. The Kier molecular flexibility index (Phi) is 3.97. The van der Waals surface area contributed by atoms with Crippen LogP contribution < -0.4 is 4.72 Å². The summed E-state index contributed by atoms with van der Waals surface area (Å²) >= 11 is 0. The molecule has 0 bridgehead atoms. The van der Waals surface area contributed by atoms with Gasteiger partial charge in [-0.1, -0.05) is 20.8 Å². The molecule has 1 unspecified atom stereocenters. The van der Waals surface area contributed by atoms with E-state index in [0.717, 1.165) is 12.8 Å². The molecule has 1 saturated carbocycles. The van der Waals surface area contributed by atoms with Crippen LogP contribution in [0.3, 0.4) is 0 Å². The van der Waals surface area contributed by atoms with Gasteiger partial charge in [0.2, 0.25) is 10.0 Å². The third-order valence-electron chi connectivity index (χ3n) is 2.66. The molecule has 0 saturated heterocycles. The van der Waals surface area contributed by atoms with Gasteiger partial charge < -0.3 is 0 Å². The Hall–Kier alpha value is -0.600. The van der Waals surface area contributed by atoms with E-state index in [1.165, 1.54) is 0 Å². The highest BCUT2D eigenvalue weighted by Crippen LogP contribution is 2.32. The van der Waals surface area contributed by atoms with Crippen LogP contribution in [0.4, 0.5) is 0 Å². The van der Waals surface area contributed by atoms with Gasteiger partial charge in [-0.15, -0.1) is 0 Å². The number of nitrogens with one attached hydrogen (secondary N) is 1. The number of rotatable bonds is 5. The van der Waals surface area contributed by atoms with E-state index in [9.17, 15) is 8.42 Å². The number of sulfonamides is 1. The van der Waals surface area contributed by atoms with Gasteiger partial charge in [0.05, 0.1) is 11.8 Å². The Morgan fingerprint density at radius 2 is 2.00 bits per heavy atom. The van der Waals surface area contributed by atoms with Crippen molar-refractivity contribution in [3.05, 3.63) is 0 Å². The summed E-state index contributed by atoms with van der Waals surface area (Å²) in [5.41, 5.74) is -0.00350. The summed E-state index contributed by atoms with van der Waals surface area (Å²) in [5.74, 6) is 0.330. The fourth-order valence-corrected chi connectivity index (χ4v) is 2.98. The van der Waals surface area contributed by atoms with Crippen LogP contribution in [0.1, 0.15) is 40.0 Å². The van der Waals surface area contributed by atoms with Crippen molar-refractivity contribution in [3.8, 4) is 6.07 Å². The van der Waals surface area contributed by atoms with Gasteiger partial charge in [-0.25, -0.2) is 8.42 Å². The normalized spacial score (nSPS) is 19.1. The predicted molar refractivity (Wildman–Crippen MR) is 63.1 cm³/mol. The van der Waals surface area contributed by atoms with E-state index in [-0.39, 0.29) is 17.1 Å². The molecule has 5 heteroatoms. The molecule has 0 heterocycles. The van der Waals surface area contributed by atoms with E-state index in [1.807, 2.05) is 26.8 Å². The van der Waals surface area contributed by atoms with E-state index >= 15 is 0 Å². The SMILES string of the molecule is CC(C)(C)CCS(=O)(=O)NC(C#N)C1CC1. The first-order chi connectivity index (χ1) is 7.23. The lowest BCUT2D eigenvalue weighted by Gasteiger charge is -2.18. The second kappa shape index (κ2) is 4.72. The third kappa shape index (κ3) is 4.95. The molecule has 0 spiro atoms. The van der Waals surface area contributed by atoms with Crippen LogP contribution in [0, 0.1) is 22.7 Å². The molecule has 0 amide bonds. The van der Waals surface area contributed by atoms with Gasteiger partial charge >= 0.3 is 0 Å². The van der Waals surface area contributed by atoms with Crippen molar-refractivity contribution in [3.63, 3.8) is 0 Å². The van der Waals surface area contributed by atoms with Crippen LogP contribution in [0.15, 0.2) is 0 Å². The van der Waals surface area contributed by atoms with Gasteiger partial charge in [-0.05, 0) is 30.6 Å². The standard InChI is InChI=1S/C11H20N2O2S/c1-11(2,3)6-7-16(14,15)13-10(8-12)9-4-5-9/h9-10,13H,4-7H2,1-3H3.